The molecule has 0 amide bonds. The van der Waals surface area contributed by atoms with Crippen molar-refractivity contribution in [1.82, 2.24) is 5.32 Å². The monoisotopic (exact) mass is 174 g/mol. The minimum absolute atomic E-state index is 0.460. The molecule has 2 unspecified atom stereocenters. The van der Waals surface area contributed by atoms with Crippen molar-refractivity contribution < 1.29 is 0 Å². The van der Waals surface area contributed by atoms with E-state index in [4.69, 9.17) is 0 Å². The molecule has 0 saturated carbocycles. The smallest absolute Gasteiger partial charge is 0.0765 e. The summed E-state index contributed by atoms with van der Waals surface area (Å²) in [6.07, 6.45) is 10.1. The third-order valence-electron chi connectivity index (χ3n) is 3.30. The third kappa shape index (κ3) is 1.05. The highest BCUT2D eigenvalue weighted by Gasteiger charge is 2.31. The fourth-order valence-electron chi connectivity index (χ4n) is 2.65. The zero-order valence-electron chi connectivity index (χ0n) is 7.66. The molecule has 0 radical (unpaired) electrons. The van der Waals surface area contributed by atoms with Gasteiger partial charge in [0.25, 0.3) is 0 Å². The van der Waals surface area contributed by atoms with Crippen LogP contribution in [0, 0.1) is 5.92 Å². The molecular formula is C11H14N2. The molecule has 2 atom stereocenters. The van der Waals surface area contributed by atoms with Crippen molar-refractivity contribution in [2.45, 2.75) is 25.3 Å². The lowest BCUT2D eigenvalue weighted by Crippen LogP contribution is -2.24. The zero-order chi connectivity index (χ0) is 8.67. The number of fused-ring (bicyclic) bond motifs is 2. The zero-order valence-corrected chi connectivity index (χ0v) is 7.66. The summed E-state index contributed by atoms with van der Waals surface area (Å²) >= 11 is 0. The van der Waals surface area contributed by atoms with Crippen LogP contribution in [-0.4, -0.2) is 18.8 Å². The summed E-state index contributed by atoms with van der Waals surface area (Å²) in [5.74, 6) is 0.809. The van der Waals surface area contributed by atoms with E-state index in [0.717, 1.165) is 12.5 Å². The van der Waals surface area contributed by atoms with Gasteiger partial charge in [-0.05, 0) is 30.9 Å². The Balaban J connectivity index is 2.05. The van der Waals surface area contributed by atoms with Crippen LogP contribution in [0.2, 0.25) is 0 Å². The van der Waals surface area contributed by atoms with Crippen LogP contribution in [0.1, 0.15) is 19.3 Å². The quantitative estimate of drug-likeness (QED) is 0.593. The van der Waals surface area contributed by atoms with E-state index in [0.29, 0.717) is 6.04 Å². The van der Waals surface area contributed by atoms with Crippen molar-refractivity contribution in [3.8, 4) is 0 Å². The lowest BCUT2D eigenvalue weighted by atomic mass is 9.83. The van der Waals surface area contributed by atoms with Crippen LogP contribution in [0.15, 0.2) is 28.4 Å². The summed E-state index contributed by atoms with van der Waals surface area (Å²) in [5, 5.41) is 3.51. The van der Waals surface area contributed by atoms with Gasteiger partial charge in [-0.3, -0.25) is 4.99 Å². The van der Waals surface area contributed by atoms with Gasteiger partial charge < -0.3 is 5.32 Å². The van der Waals surface area contributed by atoms with Crippen molar-refractivity contribution in [3.05, 3.63) is 23.4 Å². The number of hydrogen-bond acceptors (Lipinski definition) is 2. The second-order valence-electron chi connectivity index (χ2n) is 4.03. The molecule has 0 aromatic carbocycles. The molecule has 3 aliphatic rings. The van der Waals surface area contributed by atoms with Crippen LogP contribution in [0.25, 0.3) is 0 Å². The molecule has 2 heterocycles. The van der Waals surface area contributed by atoms with Crippen LogP contribution in [0.3, 0.4) is 0 Å². The summed E-state index contributed by atoms with van der Waals surface area (Å²) in [4.78, 5) is 4.50. The Morgan fingerprint density at radius 3 is 3.31 bits per heavy atom. The molecule has 3 rings (SSSR count). The summed E-state index contributed by atoms with van der Waals surface area (Å²) in [5.41, 5.74) is 2.94. The fourth-order valence-corrected chi connectivity index (χ4v) is 2.65. The number of hydrogen-bond donors (Lipinski definition) is 1. The van der Waals surface area contributed by atoms with E-state index in [1.165, 1.54) is 30.5 Å². The molecule has 0 aromatic rings. The lowest BCUT2D eigenvalue weighted by Gasteiger charge is -2.27. The molecule has 2 heteroatoms. The van der Waals surface area contributed by atoms with E-state index < -0.39 is 0 Å². The predicted octanol–water partition coefficient (Wildman–Crippen LogP) is 1.65. The second-order valence-corrected chi connectivity index (χ2v) is 4.03. The standard InChI is InChI=1S/C11H14N2/c1-2-9-10(12-6-1)4-3-8-5-7-13-11(8)9/h1-2,6,8,10,13H,3-5,7H2. The first-order valence-corrected chi connectivity index (χ1v) is 5.13. The van der Waals surface area contributed by atoms with Crippen LogP contribution in [0.5, 0.6) is 0 Å². The molecule has 13 heavy (non-hydrogen) atoms. The van der Waals surface area contributed by atoms with Crippen molar-refractivity contribution in [2.75, 3.05) is 6.54 Å². The van der Waals surface area contributed by atoms with Gasteiger partial charge in [-0.25, -0.2) is 0 Å². The van der Waals surface area contributed by atoms with Gasteiger partial charge in [0.15, 0.2) is 0 Å². The Morgan fingerprint density at radius 1 is 1.31 bits per heavy atom. The van der Waals surface area contributed by atoms with Gasteiger partial charge in [-0.2, -0.15) is 0 Å². The van der Waals surface area contributed by atoms with Gasteiger partial charge in [-0.1, -0.05) is 6.08 Å². The number of nitrogens with one attached hydrogen (secondary N) is 1. The average molecular weight is 174 g/mol. The highest BCUT2D eigenvalue weighted by atomic mass is 14.9. The van der Waals surface area contributed by atoms with E-state index in [9.17, 15) is 0 Å². The molecular weight excluding hydrogens is 160 g/mol. The first kappa shape index (κ1) is 7.36. The molecule has 1 N–H and O–H groups in total. The van der Waals surface area contributed by atoms with E-state index in [-0.39, 0.29) is 0 Å². The van der Waals surface area contributed by atoms with E-state index in [1.54, 1.807) is 0 Å². The maximum absolute atomic E-state index is 4.50. The fraction of sp³-hybridized carbons (Fsp3) is 0.545. The molecule has 0 spiro atoms. The van der Waals surface area contributed by atoms with Crippen LogP contribution < -0.4 is 5.32 Å². The maximum atomic E-state index is 4.50. The van der Waals surface area contributed by atoms with Crippen molar-refractivity contribution >= 4 is 6.21 Å². The number of nitrogens with zero attached hydrogens (tertiary/aromatic N) is 1. The Kier molecular flexibility index (Phi) is 1.54. The largest absolute Gasteiger partial charge is 0.388 e. The molecule has 1 fully saturated rings. The van der Waals surface area contributed by atoms with Gasteiger partial charge in [0.1, 0.15) is 0 Å². The number of allylic oxidation sites excluding steroid dienone is 2. The molecule has 0 aromatic heterocycles. The third-order valence-corrected chi connectivity index (χ3v) is 3.30. The topological polar surface area (TPSA) is 24.4 Å². The molecule has 1 aliphatic carbocycles. The SMILES string of the molecule is C1=CC2=C3NCCC3CCC2N=C1. The summed E-state index contributed by atoms with van der Waals surface area (Å²) in [6.45, 7) is 1.16. The minimum atomic E-state index is 0.460. The Bertz CT molecular complexity index is 312. The number of aliphatic imine (C=N–C) groups is 1. The van der Waals surface area contributed by atoms with E-state index in [2.05, 4.69) is 22.5 Å². The summed E-state index contributed by atoms with van der Waals surface area (Å²) in [7, 11) is 0. The lowest BCUT2D eigenvalue weighted by molar-refractivity contribution is 0.488. The van der Waals surface area contributed by atoms with Crippen LogP contribution in [-0.2, 0) is 0 Å². The minimum Gasteiger partial charge on any atom is -0.388 e. The summed E-state index contributed by atoms with van der Waals surface area (Å²) in [6, 6.07) is 0.460. The van der Waals surface area contributed by atoms with Gasteiger partial charge in [0.05, 0.1) is 6.04 Å². The normalized spacial score (nSPS) is 35.7. The van der Waals surface area contributed by atoms with E-state index in [1.807, 2.05) is 6.21 Å². The first-order chi connectivity index (χ1) is 6.45. The molecule has 2 aliphatic heterocycles. The van der Waals surface area contributed by atoms with Gasteiger partial charge in [0, 0.05) is 24.4 Å². The molecule has 68 valence electrons. The van der Waals surface area contributed by atoms with Gasteiger partial charge in [0.2, 0.25) is 0 Å². The maximum Gasteiger partial charge on any atom is 0.0765 e. The van der Waals surface area contributed by atoms with Crippen molar-refractivity contribution in [3.63, 3.8) is 0 Å². The Labute approximate surface area is 78.4 Å². The van der Waals surface area contributed by atoms with Gasteiger partial charge in [-0.15, -0.1) is 0 Å². The van der Waals surface area contributed by atoms with Gasteiger partial charge >= 0.3 is 0 Å². The Hall–Kier alpha value is -1.05. The molecule has 1 saturated heterocycles. The van der Waals surface area contributed by atoms with Crippen LogP contribution in [0.4, 0.5) is 0 Å². The number of dihydropyridines is 1. The Morgan fingerprint density at radius 2 is 2.31 bits per heavy atom. The molecule has 0 bridgehead atoms. The van der Waals surface area contributed by atoms with Crippen LogP contribution >= 0.6 is 0 Å². The number of rotatable bonds is 0. The molecule has 2 nitrogen and oxygen atoms in total. The average Bonchev–Trinajstić information content (AvgIpc) is 2.65. The van der Waals surface area contributed by atoms with Crippen molar-refractivity contribution in [2.24, 2.45) is 10.9 Å². The first-order valence-electron chi connectivity index (χ1n) is 5.13. The highest BCUT2D eigenvalue weighted by molar-refractivity contribution is 5.74. The predicted molar refractivity (Wildman–Crippen MR) is 53.8 cm³/mol. The van der Waals surface area contributed by atoms with E-state index >= 15 is 0 Å². The van der Waals surface area contributed by atoms with Crippen molar-refractivity contribution in [1.29, 1.82) is 0 Å². The summed E-state index contributed by atoms with van der Waals surface area (Å²) < 4.78 is 0. The highest BCUT2D eigenvalue weighted by Crippen LogP contribution is 2.36. The second kappa shape index (κ2) is 2.72.